The third kappa shape index (κ3) is 3.68. The Morgan fingerprint density at radius 1 is 1.17 bits per heavy atom. The van der Waals surface area contributed by atoms with Gasteiger partial charge in [0.15, 0.2) is 5.78 Å². The molecule has 0 fully saturated rings. The molecule has 0 spiro atoms. The third-order valence-corrected chi connectivity index (χ3v) is 4.71. The van der Waals surface area contributed by atoms with E-state index in [1.807, 2.05) is 38.1 Å². The Morgan fingerprint density at radius 3 is 2.71 bits per heavy atom. The van der Waals surface area contributed by atoms with Crippen molar-refractivity contribution in [1.29, 1.82) is 0 Å². The molecule has 1 unspecified atom stereocenters. The lowest BCUT2D eigenvalue weighted by Crippen LogP contribution is -2.13. The van der Waals surface area contributed by atoms with Crippen molar-refractivity contribution >= 4 is 29.1 Å². The summed E-state index contributed by atoms with van der Waals surface area (Å²) in [7, 11) is 0. The summed E-state index contributed by atoms with van der Waals surface area (Å²) in [4.78, 5) is 12.5. The molecule has 3 aromatic rings. The topological polar surface area (TPSA) is 56.0 Å². The van der Waals surface area contributed by atoms with Crippen LogP contribution < -0.4 is 0 Å². The molecule has 6 heteroatoms. The predicted molar refractivity (Wildman–Crippen MR) is 95.6 cm³/mol. The zero-order valence-electron chi connectivity index (χ0n) is 13.2. The van der Waals surface area contributed by atoms with E-state index in [1.54, 1.807) is 24.3 Å². The Morgan fingerprint density at radius 2 is 1.96 bits per heavy atom. The molecule has 0 saturated carbocycles. The van der Waals surface area contributed by atoms with Crippen LogP contribution in [0, 0.1) is 6.92 Å². The van der Waals surface area contributed by atoms with Crippen molar-refractivity contribution in [2.45, 2.75) is 24.3 Å². The molecular weight excluding hydrogens is 344 g/mol. The summed E-state index contributed by atoms with van der Waals surface area (Å²) in [6.45, 7) is 3.79. The largest absolute Gasteiger partial charge is 0.411 e. The Kier molecular flexibility index (Phi) is 5.02. The molecule has 4 nitrogen and oxygen atoms in total. The summed E-state index contributed by atoms with van der Waals surface area (Å²) in [5.41, 5.74) is 2.52. The van der Waals surface area contributed by atoms with Gasteiger partial charge in [-0.2, -0.15) is 0 Å². The van der Waals surface area contributed by atoms with Gasteiger partial charge in [0.25, 0.3) is 5.22 Å². The minimum atomic E-state index is -0.353. The quantitative estimate of drug-likeness (QED) is 0.471. The molecule has 0 bridgehead atoms. The fraction of sp³-hybridized carbons (Fsp3) is 0.167. The number of ketones is 1. The minimum Gasteiger partial charge on any atom is -0.411 e. The first kappa shape index (κ1) is 16.7. The summed E-state index contributed by atoms with van der Waals surface area (Å²) in [5.74, 6) is 0.427. The van der Waals surface area contributed by atoms with Crippen LogP contribution in [-0.4, -0.2) is 21.2 Å². The number of nitrogens with zero attached hydrogens (tertiary/aromatic N) is 2. The molecule has 0 radical (unpaired) electrons. The van der Waals surface area contributed by atoms with Crippen molar-refractivity contribution in [3.63, 3.8) is 0 Å². The molecule has 0 amide bonds. The van der Waals surface area contributed by atoms with Gasteiger partial charge in [-0.05, 0) is 37.6 Å². The maximum absolute atomic E-state index is 12.5. The van der Waals surface area contributed by atoms with Crippen LogP contribution in [0.5, 0.6) is 0 Å². The summed E-state index contributed by atoms with van der Waals surface area (Å²) in [5, 5.41) is 8.67. The van der Waals surface area contributed by atoms with Crippen LogP contribution in [0.15, 0.2) is 58.2 Å². The molecule has 2 aromatic carbocycles. The van der Waals surface area contributed by atoms with Crippen LogP contribution in [0.2, 0.25) is 5.02 Å². The molecule has 1 aromatic heterocycles. The highest BCUT2D eigenvalue weighted by molar-refractivity contribution is 8.00. The van der Waals surface area contributed by atoms with Crippen molar-refractivity contribution in [2.24, 2.45) is 0 Å². The van der Waals surface area contributed by atoms with E-state index in [2.05, 4.69) is 10.2 Å². The highest BCUT2D eigenvalue weighted by Crippen LogP contribution is 2.29. The molecule has 24 heavy (non-hydrogen) atoms. The molecule has 0 aliphatic rings. The fourth-order valence-corrected chi connectivity index (χ4v) is 3.21. The Labute approximate surface area is 149 Å². The van der Waals surface area contributed by atoms with Crippen LogP contribution in [0.4, 0.5) is 0 Å². The zero-order chi connectivity index (χ0) is 17.1. The van der Waals surface area contributed by atoms with E-state index < -0.39 is 0 Å². The van der Waals surface area contributed by atoms with Gasteiger partial charge >= 0.3 is 0 Å². The van der Waals surface area contributed by atoms with E-state index >= 15 is 0 Å². The van der Waals surface area contributed by atoms with Gasteiger partial charge in [0.2, 0.25) is 5.89 Å². The normalized spacial score (nSPS) is 12.1. The van der Waals surface area contributed by atoms with E-state index in [1.165, 1.54) is 11.8 Å². The number of Topliss-reactive ketones (excluding diaryl/α,β-unsaturated/α-hetero) is 1. The van der Waals surface area contributed by atoms with Crippen LogP contribution in [-0.2, 0) is 0 Å². The Balaban J connectivity index is 1.75. The first-order valence-electron chi connectivity index (χ1n) is 7.40. The van der Waals surface area contributed by atoms with Gasteiger partial charge in [-0.15, -0.1) is 10.2 Å². The molecule has 0 aliphatic heterocycles. The first-order valence-corrected chi connectivity index (χ1v) is 8.66. The van der Waals surface area contributed by atoms with Crippen molar-refractivity contribution < 1.29 is 9.21 Å². The zero-order valence-corrected chi connectivity index (χ0v) is 14.8. The maximum atomic E-state index is 12.5. The molecule has 0 aliphatic carbocycles. The number of hydrogen-bond acceptors (Lipinski definition) is 5. The van der Waals surface area contributed by atoms with E-state index in [9.17, 15) is 4.79 Å². The molecule has 3 rings (SSSR count). The maximum Gasteiger partial charge on any atom is 0.277 e. The number of carbonyl (C=O) groups excluding carboxylic acids is 1. The summed E-state index contributed by atoms with van der Waals surface area (Å²) < 4.78 is 5.69. The van der Waals surface area contributed by atoms with Crippen LogP contribution >= 0.6 is 23.4 Å². The molecule has 1 atom stereocenters. The molecule has 0 N–H and O–H groups in total. The van der Waals surface area contributed by atoms with Gasteiger partial charge < -0.3 is 4.42 Å². The lowest BCUT2D eigenvalue weighted by Gasteiger charge is -2.07. The lowest BCUT2D eigenvalue weighted by atomic mass is 10.1. The molecule has 1 heterocycles. The second-order valence-corrected chi connectivity index (χ2v) is 7.05. The number of hydrogen-bond donors (Lipinski definition) is 0. The molecule has 122 valence electrons. The minimum absolute atomic E-state index is 0.0295. The number of halogens is 1. The average molecular weight is 359 g/mol. The first-order chi connectivity index (χ1) is 11.5. The van der Waals surface area contributed by atoms with Gasteiger partial charge in [0, 0.05) is 16.1 Å². The van der Waals surface area contributed by atoms with Crippen molar-refractivity contribution in [3.05, 3.63) is 64.7 Å². The Bertz CT molecular complexity index is 879. The SMILES string of the molecule is Cc1ccccc1-c1nnc(SC(C)C(=O)c2cccc(Cl)c2)o1. The lowest BCUT2D eigenvalue weighted by molar-refractivity contribution is 0.0993. The van der Waals surface area contributed by atoms with E-state index in [-0.39, 0.29) is 11.0 Å². The number of aryl methyl sites for hydroxylation is 1. The fourth-order valence-electron chi connectivity index (χ4n) is 2.26. The van der Waals surface area contributed by atoms with Crippen LogP contribution in [0.25, 0.3) is 11.5 Å². The van der Waals surface area contributed by atoms with Crippen LogP contribution in [0.1, 0.15) is 22.8 Å². The van der Waals surface area contributed by atoms with Crippen molar-refractivity contribution in [3.8, 4) is 11.5 Å². The number of aromatic nitrogens is 2. The summed E-state index contributed by atoms with van der Waals surface area (Å²) >= 11 is 7.18. The molecular formula is C18H15ClN2O2S. The smallest absolute Gasteiger partial charge is 0.277 e. The second kappa shape index (κ2) is 7.20. The van der Waals surface area contributed by atoms with E-state index in [0.29, 0.717) is 21.7 Å². The number of thioether (sulfide) groups is 1. The average Bonchev–Trinajstić information content (AvgIpc) is 3.02. The number of rotatable bonds is 5. The molecule has 0 saturated heterocycles. The van der Waals surface area contributed by atoms with Gasteiger partial charge in [-0.3, -0.25) is 4.79 Å². The highest BCUT2D eigenvalue weighted by atomic mass is 35.5. The van der Waals surface area contributed by atoms with Gasteiger partial charge in [0.05, 0.1) is 5.25 Å². The third-order valence-electron chi connectivity index (χ3n) is 3.54. The van der Waals surface area contributed by atoms with Crippen molar-refractivity contribution in [1.82, 2.24) is 10.2 Å². The standard InChI is InChI=1S/C18H15ClN2O2S/c1-11-6-3-4-9-15(11)17-20-21-18(23-17)24-12(2)16(22)13-7-5-8-14(19)10-13/h3-10,12H,1-2H3. The van der Waals surface area contributed by atoms with Crippen molar-refractivity contribution in [2.75, 3.05) is 0 Å². The second-order valence-electron chi connectivity index (χ2n) is 5.32. The van der Waals surface area contributed by atoms with Gasteiger partial charge in [-0.1, -0.05) is 53.7 Å². The van der Waals surface area contributed by atoms with Gasteiger partial charge in [0.1, 0.15) is 0 Å². The van der Waals surface area contributed by atoms with Gasteiger partial charge in [-0.25, -0.2) is 0 Å². The Hall–Kier alpha value is -2.11. The summed E-state index contributed by atoms with van der Waals surface area (Å²) in [6, 6.07) is 14.7. The monoisotopic (exact) mass is 358 g/mol. The van der Waals surface area contributed by atoms with E-state index in [0.717, 1.165) is 11.1 Å². The number of benzene rings is 2. The van der Waals surface area contributed by atoms with E-state index in [4.69, 9.17) is 16.0 Å². The summed E-state index contributed by atoms with van der Waals surface area (Å²) in [6.07, 6.45) is 0. The van der Waals surface area contributed by atoms with Crippen LogP contribution in [0.3, 0.4) is 0 Å². The predicted octanol–water partition coefficient (Wildman–Crippen LogP) is 5.06. The highest BCUT2D eigenvalue weighted by Gasteiger charge is 2.20. The number of carbonyl (C=O) groups is 1.